The number of nitro groups is 1. The molecule has 1 heterocycles. The zero-order valence-electron chi connectivity index (χ0n) is 14.1. The molecule has 26 heavy (non-hydrogen) atoms. The van der Waals surface area contributed by atoms with Crippen LogP contribution in [0, 0.1) is 24.0 Å². The second-order valence-corrected chi connectivity index (χ2v) is 5.64. The lowest BCUT2D eigenvalue weighted by atomic mass is 10.2. The molecule has 1 amide bonds. The van der Waals surface area contributed by atoms with Crippen molar-refractivity contribution in [1.82, 2.24) is 9.78 Å². The first-order valence-electron chi connectivity index (χ1n) is 7.63. The van der Waals surface area contributed by atoms with E-state index in [9.17, 15) is 14.9 Å². The summed E-state index contributed by atoms with van der Waals surface area (Å²) in [6.07, 6.45) is 0. The van der Waals surface area contributed by atoms with Crippen molar-refractivity contribution >= 4 is 17.3 Å². The van der Waals surface area contributed by atoms with Crippen molar-refractivity contribution in [2.45, 2.75) is 13.8 Å². The van der Waals surface area contributed by atoms with E-state index in [1.807, 2.05) is 36.7 Å². The molecule has 8 heteroatoms. The lowest BCUT2D eigenvalue weighted by Crippen LogP contribution is -3.00. The summed E-state index contributed by atoms with van der Waals surface area (Å²) in [5.74, 6) is -0.284. The highest BCUT2D eigenvalue weighted by Crippen LogP contribution is 2.17. The van der Waals surface area contributed by atoms with Crippen LogP contribution in [0.15, 0.2) is 54.6 Å². The molecule has 1 N–H and O–H groups in total. The van der Waals surface area contributed by atoms with Gasteiger partial charge in [0, 0.05) is 29.1 Å². The van der Waals surface area contributed by atoms with Crippen molar-refractivity contribution in [3.63, 3.8) is 0 Å². The summed E-state index contributed by atoms with van der Waals surface area (Å²) in [6.45, 7) is 3.89. The van der Waals surface area contributed by atoms with Crippen LogP contribution in [0.4, 0.5) is 11.4 Å². The molecule has 0 saturated carbocycles. The van der Waals surface area contributed by atoms with E-state index in [1.54, 1.807) is 12.1 Å². The first-order valence-corrected chi connectivity index (χ1v) is 7.63. The van der Waals surface area contributed by atoms with Crippen LogP contribution >= 0.6 is 0 Å². The zero-order chi connectivity index (χ0) is 18.0. The number of non-ortho nitro benzene ring substituents is 1. The second-order valence-electron chi connectivity index (χ2n) is 5.64. The maximum Gasteiger partial charge on any atom is 0.269 e. The summed E-state index contributed by atoms with van der Waals surface area (Å²) in [4.78, 5) is 22.4. The Kier molecular flexibility index (Phi) is 5.74. The van der Waals surface area contributed by atoms with E-state index in [0.717, 1.165) is 17.1 Å². The molecule has 0 unspecified atom stereocenters. The fourth-order valence-corrected chi connectivity index (χ4v) is 2.51. The van der Waals surface area contributed by atoms with Gasteiger partial charge in [-0.05, 0) is 56.3 Å². The number of nitrogens with zero attached hydrogens (tertiary/aromatic N) is 3. The Hall–Kier alpha value is -3.19. The Bertz CT molecular complexity index is 934. The average Bonchev–Trinajstić information content (AvgIpc) is 2.94. The van der Waals surface area contributed by atoms with Gasteiger partial charge in [-0.25, -0.2) is 4.68 Å². The summed E-state index contributed by atoms with van der Waals surface area (Å²) in [6, 6.07) is 14.8. The molecule has 7 nitrogen and oxygen atoms in total. The maximum absolute atomic E-state index is 12.3. The Morgan fingerprint density at radius 1 is 1.08 bits per heavy atom. The van der Waals surface area contributed by atoms with Gasteiger partial charge in [-0.15, -0.1) is 0 Å². The highest BCUT2D eigenvalue weighted by Gasteiger charge is 2.10. The third-order valence-corrected chi connectivity index (χ3v) is 3.72. The van der Waals surface area contributed by atoms with Gasteiger partial charge in [0.2, 0.25) is 0 Å². The molecule has 0 bridgehead atoms. The number of amides is 1. The standard InChI is InChI=1S/C18H16N4O3.ClH/c1-12-11-13(2)21(20-12)16-7-3-14(4-8-16)18(23)19-15-5-9-17(10-6-15)22(24)25;/h3-11H,1-2H3,(H,19,23);1H/p-1. The third kappa shape index (κ3) is 4.07. The predicted molar refractivity (Wildman–Crippen MR) is 94.1 cm³/mol. The Morgan fingerprint density at radius 3 is 2.19 bits per heavy atom. The van der Waals surface area contributed by atoms with Crippen molar-refractivity contribution in [1.29, 1.82) is 0 Å². The number of hydrogen-bond donors (Lipinski definition) is 1. The van der Waals surface area contributed by atoms with Crippen LogP contribution in [-0.4, -0.2) is 20.6 Å². The molecule has 0 spiro atoms. The largest absolute Gasteiger partial charge is 1.00 e. The summed E-state index contributed by atoms with van der Waals surface area (Å²) < 4.78 is 1.81. The number of carbonyl (C=O) groups is 1. The first kappa shape index (κ1) is 19.1. The van der Waals surface area contributed by atoms with Crippen molar-refractivity contribution < 1.29 is 22.1 Å². The first-order chi connectivity index (χ1) is 11.9. The number of benzene rings is 2. The molecule has 0 saturated heterocycles. The number of aromatic nitrogens is 2. The number of nitro benzene ring substituents is 1. The molecular formula is C18H16ClN4O3-. The van der Waals surface area contributed by atoms with Crippen LogP contribution < -0.4 is 17.7 Å². The smallest absolute Gasteiger partial charge is 0.269 e. The van der Waals surface area contributed by atoms with Gasteiger partial charge in [-0.1, -0.05) is 0 Å². The molecule has 134 valence electrons. The molecule has 0 radical (unpaired) electrons. The molecule has 0 aliphatic carbocycles. The molecule has 0 atom stereocenters. The average molecular weight is 372 g/mol. The van der Waals surface area contributed by atoms with E-state index >= 15 is 0 Å². The van der Waals surface area contributed by atoms with Crippen LogP contribution in [0.1, 0.15) is 21.7 Å². The number of carbonyl (C=O) groups excluding carboxylic acids is 1. The van der Waals surface area contributed by atoms with Gasteiger partial charge in [0.1, 0.15) is 0 Å². The minimum absolute atomic E-state index is 0. The fourth-order valence-electron chi connectivity index (χ4n) is 2.51. The fraction of sp³-hybridized carbons (Fsp3) is 0.111. The second kappa shape index (κ2) is 7.79. The maximum atomic E-state index is 12.3. The van der Waals surface area contributed by atoms with E-state index in [4.69, 9.17) is 0 Å². The number of aryl methyl sites for hydroxylation is 2. The Morgan fingerprint density at radius 2 is 1.69 bits per heavy atom. The molecule has 2 aromatic carbocycles. The van der Waals surface area contributed by atoms with E-state index in [2.05, 4.69) is 10.4 Å². The van der Waals surface area contributed by atoms with Gasteiger partial charge in [-0.2, -0.15) is 5.10 Å². The molecule has 1 aromatic heterocycles. The lowest BCUT2D eigenvalue weighted by molar-refractivity contribution is -0.384. The molecule has 0 fully saturated rings. The number of halogens is 1. The molecule has 0 aliphatic heterocycles. The Labute approximate surface area is 156 Å². The number of rotatable bonds is 4. The van der Waals surface area contributed by atoms with Gasteiger partial charge in [0.05, 0.1) is 16.3 Å². The highest BCUT2D eigenvalue weighted by molar-refractivity contribution is 6.04. The summed E-state index contributed by atoms with van der Waals surface area (Å²) in [5.41, 5.74) is 3.78. The lowest BCUT2D eigenvalue weighted by Gasteiger charge is -2.07. The predicted octanol–water partition coefficient (Wildman–Crippen LogP) is 0.654. The van der Waals surface area contributed by atoms with Crippen LogP contribution in [0.5, 0.6) is 0 Å². The van der Waals surface area contributed by atoms with Crippen LogP contribution in [0.3, 0.4) is 0 Å². The molecule has 0 aliphatic rings. The van der Waals surface area contributed by atoms with Crippen LogP contribution in [0.2, 0.25) is 0 Å². The minimum Gasteiger partial charge on any atom is -1.00 e. The van der Waals surface area contributed by atoms with Crippen LogP contribution in [-0.2, 0) is 0 Å². The van der Waals surface area contributed by atoms with Gasteiger partial charge in [-0.3, -0.25) is 14.9 Å². The van der Waals surface area contributed by atoms with Gasteiger partial charge < -0.3 is 17.7 Å². The molecule has 3 rings (SSSR count). The van der Waals surface area contributed by atoms with Crippen molar-refractivity contribution in [2.75, 3.05) is 5.32 Å². The summed E-state index contributed by atoms with van der Waals surface area (Å²) in [5, 5.41) is 17.8. The zero-order valence-corrected chi connectivity index (χ0v) is 14.9. The minimum atomic E-state index is -0.483. The number of nitrogens with one attached hydrogen (secondary N) is 1. The highest BCUT2D eigenvalue weighted by atomic mass is 35.5. The van der Waals surface area contributed by atoms with E-state index in [0.29, 0.717) is 11.3 Å². The van der Waals surface area contributed by atoms with Gasteiger partial charge in [0.15, 0.2) is 0 Å². The Balaban J connectivity index is 0.00000243. The monoisotopic (exact) mass is 371 g/mol. The van der Waals surface area contributed by atoms with Crippen molar-refractivity contribution in [2.24, 2.45) is 0 Å². The third-order valence-electron chi connectivity index (χ3n) is 3.72. The van der Waals surface area contributed by atoms with E-state index < -0.39 is 4.92 Å². The van der Waals surface area contributed by atoms with Gasteiger partial charge in [0.25, 0.3) is 11.6 Å². The van der Waals surface area contributed by atoms with Gasteiger partial charge >= 0.3 is 0 Å². The summed E-state index contributed by atoms with van der Waals surface area (Å²) in [7, 11) is 0. The van der Waals surface area contributed by atoms with E-state index in [-0.39, 0.29) is 24.0 Å². The topological polar surface area (TPSA) is 90.1 Å². The van der Waals surface area contributed by atoms with E-state index in [1.165, 1.54) is 24.3 Å². The van der Waals surface area contributed by atoms with Crippen molar-refractivity contribution in [3.8, 4) is 5.69 Å². The number of anilines is 1. The van der Waals surface area contributed by atoms with Crippen molar-refractivity contribution in [3.05, 3.63) is 81.7 Å². The normalized spacial score (nSPS) is 10.1. The van der Waals surface area contributed by atoms with Crippen LogP contribution in [0.25, 0.3) is 5.69 Å². The summed E-state index contributed by atoms with van der Waals surface area (Å²) >= 11 is 0. The number of hydrogen-bond acceptors (Lipinski definition) is 4. The molecular weight excluding hydrogens is 356 g/mol. The molecule has 3 aromatic rings. The SMILES string of the molecule is Cc1cc(C)n(-c2ccc(C(=O)Nc3ccc([N+](=O)[O-])cc3)cc2)n1.[Cl-]. The quantitative estimate of drug-likeness (QED) is 0.538.